The van der Waals surface area contributed by atoms with Crippen molar-refractivity contribution in [1.29, 1.82) is 0 Å². The van der Waals surface area contributed by atoms with Crippen LogP contribution in [0, 0.1) is 5.92 Å². The van der Waals surface area contributed by atoms with Crippen molar-refractivity contribution in [2.75, 3.05) is 11.9 Å². The Morgan fingerprint density at radius 3 is 2.84 bits per heavy atom. The summed E-state index contributed by atoms with van der Waals surface area (Å²) in [5.41, 5.74) is -0.532. The first-order valence-electron chi connectivity index (χ1n) is 8.23. The average molecular weight is 384 g/mol. The molecule has 0 unspecified atom stereocenters. The molecule has 0 aromatic heterocycles. The number of nitrogens with one attached hydrogen (secondary N) is 2. The number of hydrogen-bond acceptors (Lipinski definition) is 3. The van der Waals surface area contributed by atoms with Crippen molar-refractivity contribution in [3.63, 3.8) is 0 Å². The van der Waals surface area contributed by atoms with Gasteiger partial charge in [-0.15, -0.1) is 0 Å². The average Bonchev–Trinajstić information content (AvgIpc) is 2.80. The highest BCUT2D eigenvalue weighted by molar-refractivity contribution is 6.44. The maximum atomic E-state index is 12.8. The van der Waals surface area contributed by atoms with Crippen LogP contribution in [-0.4, -0.2) is 34.8 Å². The lowest BCUT2D eigenvalue weighted by Gasteiger charge is -2.36. The molecule has 1 aromatic carbocycles. The van der Waals surface area contributed by atoms with E-state index in [-0.39, 0.29) is 23.4 Å². The molecule has 1 aliphatic heterocycles. The van der Waals surface area contributed by atoms with E-state index < -0.39 is 17.5 Å². The molecule has 1 aliphatic carbocycles. The van der Waals surface area contributed by atoms with Crippen LogP contribution in [0.4, 0.5) is 10.5 Å². The van der Waals surface area contributed by atoms with Gasteiger partial charge in [0.05, 0.1) is 15.7 Å². The van der Waals surface area contributed by atoms with E-state index >= 15 is 0 Å². The van der Waals surface area contributed by atoms with Crippen molar-refractivity contribution in [3.05, 3.63) is 28.2 Å². The first-order chi connectivity index (χ1) is 11.8. The van der Waals surface area contributed by atoms with Crippen molar-refractivity contribution in [1.82, 2.24) is 10.2 Å². The fourth-order valence-electron chi connectivity index (χ4n) is 3.57. The Morgan fingerprint density at radius 2 is 2.12 bits per heavy atom. The van der Waals surface area contributed by atoms with Crippen LogP contribution in [0.2, 0.25) is 10.0 Å². The van der Waals surface area contributed by atoms with Gasteiger partial charge in [0.15, 0.2) is 0 Å². The molecule has 2 atom stereocenters. The molecule has 2 fully saturated rings. The normalized spacial score (nSPS) is 26.0. The van der Waals surface area contributed by atoms with Gasteiger partial charge in [0.2, 0.25) is 5.91 Å². The zero-order valence-electron chi connectivity index (χ0n) is 13.8. The third kappa shape index (κ3) is 3.20. The van der Waals surface area contributed by atoms with Crippen molar-refractivity contribution < 1.29 is 14.4 Å². The number of benzene rings is 1. The highest BCUT2D eigenvalue weighted by Gasteiger charge is 2.55. The summed E-state index contributed by atoms with van der Waals surface area (Å²) < 4.78 is 0. The van der Waals surface area contributed by atoms with E-state index in [1.807, 2.05) is 6.92 Å². The standard InChI is InChI=1S/C17H19Cl2N3O3/c1-10-5-2-3-8-17(10)15(24)22(16(25)21-17)9-13(23)20-12-7-4-6-11(18)14(12)19/h4,6-7,10H,2-3,5,8-9H2,1H3,(H,20,23)(H,21,25)/t10-,17-/m0/s1. The molecule has 1 saturated heterocycles. The Balaban J connectivity index is 1.72. The van der Waals surface area contributed by atoms with E-state index in [1.54, 1.807) is 18.2 Å². The van der Waals surface area contributed by atoms with Crippen LogP contribution in [0.1, 0.15) is 32.6 Å². The number of urea groups is 1. The van der Waals surface area contributed by atoms with Gasteiger partial charge in [-0.25, -0.2) is 4.79 Å². The summed E-state index contributed by atoms with van der Waals surface area (Å²) >= 11 is 12.0. The van der Waals surface area contributed by atoms with E-state index in [1.165, 1.54) is 0 Å². The molecule has 0 bridgehead atoms. The van der Waals surface area contributed by atoms with Crippen LogP contribution < -0.4 is 10.6 Å². The largest absolute Gasteiger partial charge is 0.325 e. The minimum atomic E-state index is -0.872. The second kappa shape index (κ2) is 6.84. The van der Waals surface area contributed by atoms with Crippen LogP contribution in [0.25, 0.3) is 0 Å². The van der Waals surface area contributed by atoms with Crippen molar-refractivity contribution >= 4 is 46.7 Å². The molecule has 6 nitrogen and oxygen atoms in total. The first-order valence-corrected chi connectivity index (χ1v) is 8.99. The number of anilines is 1. The minimum absolute atomic E-state index is 0.0492. The van der Waals surface area contributed by atoms with E-state index in [2.05, 4.69) is 10.6 Å². The third-order valence-electron chi connectivity index (χ3n) is 5.03. The topological polar surface area (TPSA) is 78.5 Å². The molecule has 0 radical (unpaired) electrons. The van der Waals surface area contributed by atoms with E-state index in [0.717, 1.165) is 24.2 Å². The van der Waals surface area contributed by atoms with Crippen LogP contribution in [0.5, 0.6) is 0 Å². The summed E-state index contributed by atoms with van der Waals surface area (Å²) in [7, 11) is 0. The molecule has 1 spiro atoms. The zero-order valence-corrected chi connectivity index (χ0v) is 15.3. The molecule has 1 aromatic rings. The van der Waals surface area contributed by atoms with Crippen molar-refractivity contribution in [3.8, 4) is 0 Å². The van der Waals surface area contributed by atoms with Crippen LogP contribution >= 0.6 is 23.2 Å². The maximum absolute atomic E-state index is 12.8. The molecule has 134 valence electrons. The molecule has 1 saturated carbocycles. The predicted molar refractivity (Wildman–Crippen MR) is 95.7 cm³/mol. The van der Waals surface area contributed by atoms with E-state index in [4.69, 9.17) is 23.2 Å². The van der Waals surface area contributed by atoms with Crippen LogP contribution in [0.3, 0.4) is 0 Å². The van der Waals surface area contributed by atoms with E-state index in [0.29, 0.717) is 17.1 Å². The van der Waals surface area contributed by atoms with Crippen molar-refractivity contribution in [2.45, 2.75) is 38.1 Å². The van der Waals surface area contributed by atoms with Crippen LogP contribution in [-0.2, 0) is 9.59 Å². The summed E-state index contributed by atoms with van der Waals surface area (Å²) in [6.07, 6.45) is 3.41. The fraction of sp³-hybridized carbons (Fsp3) is 0.471. The highest BCUT2D eigenvalue weighted by atomic mass is 35.5. The number of amides is 4. The first kappa shape index (κ1) is 18.0. The quantitative estimate of drug-likeness (QED) is 0.784. The second-order valence-corrected chi connectivity index (χ2v) is 7.37. The summed E-state index contributed by atoms with van der Waals surface area (Å²) in [6, 6.07) is 4.33. The number of rotatable bonds is 3. The Labute approximate surface area is 155 Å². The number of carbonyl (C=O) groups is 3. The van der Waals surface area contributed by atoms with Crippen LogP contribution in [0.15, 0.2) is 18.2 Å². The third-order valence-corrected chi connectivity index (χ3v) is 5.85. The number of nitrogens with zero attached hydrogens (tertiary/aromatic N) is 1. The SMILES string of the molecule is C[C@H]1CCCC[C@]12NC(=O)N(CC(=O)Nc1cccc(Cl)c1Cl)C2=O. The van der Waals surface area contributed by atoms with Gasteiger partial charge in [-0.3, -0.25) is 14.5 Å². The number of halogens is 2. The maximum Gasteiger partial charge on any atom is 0.325 e. The minimum Gasteiger partial charge on any atom is -0.323 e. The monoisotopic (exact) mass is 383 g/mol. The van der Waals surface area contributed by atoms with Gasteiger partial charge < -0.3 is 10.6 Å². The van der Waals surface area contributed by atoms with Gasteiger partial charge in [-0.2, -0.15) is 0 Å². The summed E-state index contributed by atoms with van der Waals surface area (Å²) in [4.78, 5) is 38.4. The molecule has 1 heterocycles. The lowest BCUT2D eigenvalue weighted by Crippen LogP contribution is -2.54. The molecule has 4 amide bonds. The van der Waals surface area contributed by atoms with Crippen molar-refractivity contribution in [2.24, 2.45) is 5.92 Å². The van der Waals surface area contributed by atoms with Gasteiger partial charge >= 0.3 is 6.03 Å². The second-order valence-electron chi connectivity index (χ2n) is 6.59. The molecular formula is C17H19Cl2N3O3. The Morgan fingerprint density at radius 1 is 1.36 bits per heavy atom. The molecule has 8 heteroatoms. The number of hydrogen-bond donors (Lipinski definition) is 2. The molecule has 2 aliphatic rings. The zero-order chi connectivity index (χ0) is 18.2. The van der Waals surface area contributed by atoms with Gasteiger partial charge in [-0.05, 0) is 30.9 Å². The predicted octanol–water partition coefficient (Wildman–Crippen LogP) is 3.43. The van der Waals surface area contributed by atoms with E-state index in [9.17, 15) is 14.4 Å². The molecule has 3 rings (SSSR count). The smallest absolute Gasteiger partial charge is 0.323 e. The van der Waals surface area contributed by atoms with Gasteiger partial charge in [-0.1, -0.05) is 49.0 Å². The lowest BCUT2D eigenvalue weighted by molar-refractivity contribution is -0.136. The van der Waals surface area contributed by atoms with Gasteiger partial charge in [0.1, 0.15) is 12.1 Å². The van der Waals surface area contributed by atoms with Gasteiger partial charge in [0.25, 0.3) is 5.91 Å². The lowest BCUT2D eigenvalue weighted by atomic mass is 9.73. The highest BCUT2D eigenvalue weighted by Crippen LogP contribution is 2.38. The Hall–Kier alpha value is -1.79. The Kier molecular flexibility index (Phi) is 4.93. The molecule has 2 N–H and O–H groups in total. The van der Waals surface area contributed by atoms with Gasteiger partial charge in [0, 0.05) is 0 Å². The molecule has 25 heavy (non-hydrogen) atoms. The summed E-state index contributed by atoms with van der Waals surface area (Å²) in [5.74, 6) is -0.779. The number of carbonyl (C=O) groups excluding carboxylic acids is 3. The number of imide groups is 1. The molecular weight excluding hydrogens is 365 g/mol. The summed E-state index contributed by atoms with van der Waals surface area (Å²) in [6.45, 7) is 1.61. The Bertz CT molecular complexity index is 740. The fourth-order valence-corrected chi connectivity index (χ4v) is 3.92. The summed E-state index contributed by atoms with van der Waals surface area (Å²) in [5, 5.41) is 5.94.